The second-order valence-electron chi connectivity index (χ2n) is 23.5. The minimum Gasteiger partial charge on any atom is -0.656 e. The summed E-state index contributed by atoms with van der Waals surface area (Å²) in [5.74, 6) is -53.7. The largest absolute Gasteiger partial charge is 2.00 e. The van der Waals surface area contributed by atoms with E-state index in [9.17, 15) is 0 Å². The molecular weight excluding hydrogens is 1540 g/mol. The summed E-state index contributed by atoms with van der Waals surface area (Å²) in [6.07, 6.45) is 0. The third-order valence-electron chi connectivity index (χ3n) is 18.2. The van der Waals surface area contributed by atoms with Crippen LogP contribution in [0.4, 0.5) is 87.8 Å². The maximum absolute atomic E-state index is 17.7. The minimum absolute atomic E-state index is 0. The molecule has 25 heteroatoms. The molecular formula is C76H24F20N4Pt. The summed E-state index contributed by atoms with van der Waals surface area (Å²) in [7, 11) is 0. The predicted octanol–water partition coefficient (Wildman–Crippen LogP) is 22.6. The molecule has 8 bridgehead atoms. The van der Waals surface area contributed by atoms with Crippen LogP contribution in [-0.4, -0.2) is 9.97 Å². The van der Waals surface area contributed by atoms with Crippen LogP contribution in [0.2, 0.25) is 0 Å². The van der Waals surface area contributed by atoms with Crippen LogP contribution in [0.15, 0.2) is 146 Å². The van der Waals surface area contributed by atoms with Gasteiger partial charge in [-0.15, -0.1) is 22.1 Å². The molecule has 1 aliphatic carbocycles. The summed E-state index contributed by atoms with van der Waals surface area (Å²) in [4.78, 5) is 18.8. The van der Waals surface area contributed by atoms with Crippen LogP contribution in [0.1, 0.15) is 0 Å². The van der Waals surface area contributed by atoms with Crippen molar-refractivity contribution in [1.82, 2.24) is 19.9 Å². The van der Waals surface area contributed by atoms with Crippen LogP contribution in [0.3, 0.4) is 0 Å². The number of benzene rings is 12. The Hall–Kier alpha value is -11.4. The summed E-state index contributed by atoms with van der Waals surface area (Å²) in [5.41, 5.74) is -24.2. The Morgan fingerprint density at radius 1 is 0.188 bits per heavy atom. The zero-order valence-electron chi connectivity index (χ0n) is 49.5. The molecule has 2 aliphatic heterocycles. The van der Waals surface area contributed by atoms with Gasteiger partial charge in [-0.3, -0.25) is 0 Å². The molecule has 4 nitrogen and oxygen atoms in total. The molecule has 0 radical (unpaired) electrons. The van der Waals surface area contributed by atoms with E-state index in [2.05, 4.69) is 0 Å². The van der Waals surface area contributed by atoms with E-state index in [1.807, 2.05) is 0 Å². The second kappa shape index (κ2) is 22.8. The smallest absolute Gasteiger partial charge is 0.656 e. The van der Waals surface area contributed by atoms with Crippen LogP contribution < -0.4 is 9.97 Å². The molecule has 498 valence electrons. The Balaban J connectivity index is 0.00000792. The van der Waals surface area contributed by atoms with E-state index in [0.29, 0.717) is 0 Å². The van der Waals surface area contributed by atoms with Gasteiger partial charge >= 0.3 is 21.1 Å². The van der Waals surface area contributed by atoms with Gasteiger partial charge in [0.1, 0.15) is 0 Å². The predicted molar refractivity (Wildman–Crippen MR) is 334 cm³/mol. The molecule has 101 heavy (non-hydrogen) atoms. The van der Waals surface area contributed by atoms with Gasteiger partial charge in [0.15, 0.2) is 93.1 Å². The second-order valence-corrected chi connectivity index (χ2v) is 23.5. The fraction of sp³-hybridized carbons (Fsp3) is 0. The van der Waals surface area contributed by atoms with Crippen molar-refractivity contribution in [3.05, 3.63) is 262 Å². The molecule has 0 amide bonds. The van der Waals surface area contributed by atoms with E-state index in [4.69, 9.17) is 19.9 Å². The maximum Gasteiger partial charge on any atom is 2.00 e. The van der Waals surface area contributed by atoms with Gasteiger partial charge in [0.05, 0.1) is 45.0 Å². The molecule has 0 atom stereocenters. The molecule has 0 N–H and O–H groups in total. The van der Waals surface area contributed by atoms with Gasteiger partial charge in [0, 0.05) is 44.5 Å². The maximum atomic E-state index is 17.7. The molecule has 4 heterocycles. The van der Waals surface area contributed by atoms with E-state index in [-0.39, 0.29) is 64.2 Å². The molecule has 0 saturated heterocycles. The molecule has 3 aliphatic rings. The first kappa shape index (κ1) is 64.3. The Morgan fingerprint density at radius 2 is 0.337 bits per heavy atom. The molecule has 17 rings (SSSR count). The number of nitrogens with zero attached hydrogens (tertiary/aromatic N) is 4. The number of hydrogen-bond donors (Lipinski definition) is 0. The quantitative estimate of drug-likeness (QED) is 0.100. The molecule has 0 spiro atoms. The Morgan fingerprint density at radius 3 is 0.505 bits per heavy atom. The fourth-order valence-electron chi connectivity index (χ4n) is 13.7. The van der Waals surface area contributed by atoms with Crippen LogP contribution in [0.25, 0.3) is 176 Å². The Kier molecular flexibility index (Phi) is 14.5. The molecule has 0 saturated carbocycles. The summed E-state index contributed by atoms with van der Waals surface area (Å²) in [5, 5.41) is -1.61. The number of halogens is 20. The van der Waals surface area contributed by atoms with E-state index >= 15 is 87.8 Å². The third kappa shape index (κ3) is 8.94. The standard InChI is InChI=1S/C76H24F20N4.Pt/c77-49-41(50(78)58(86)65(93)57(49)85)45-69-33-17-25-9-1-2-10-26(25)18-34(33)70(97-69)46(42-51(79)59(87)66(94)60(88)52(42)80)72-37-21-29-13-5-6-14-30(29)22-38(37)74(99-72)48(44-55(83)63(91)68(96)64(92)56(44)84)76-40-24-32-16-8-7-15-31(32)23-39(40)75(100-76)47(43-53(81)61(89)67(95)62(90)54(43)82)73-36-20-28-12-4-3-11-27(28)19-35(36)71(45)98-73;/h1-24H;/q-2;+2. The Bertz CT molecular complexity index is 5680. The molecule has 2 aromatic heterocycles. The SMILES string of the molecule is Fc1c(F)c(F)c(-c2c3nc(c(-c4c(F)c(F)c(F)c(F)c4F)c4[n-]c(c(-c5c(F)c(F)c(F)c(F)c5F)c5nc(c(-c6c(F)c(F)c(F)c(F)c6F)c6[n-]c2c2cc7ccccc7cc62)-c2cc6ccccc6cc2-5)c2cc5ccccc5cc42)-c2cc4ccccc4cc2-3)c(F)c1F.[Pt+2]. The number of rotatable bonds is 4. The van der Waals surface area contributed by atoms with Crippen molar-refractivity contribution < 1.29 is 109 Å². The first-order valence-corrected chi connectivity index (χ1v) is 29.5. The minimum atomic E-state index is -2.76. The van der Waals surface area contributed by atoms with Gasteiger partial charge in [-0.05, 0) is 113 Å². The summed E-state index contributed by atoms with van der Waals surface area (Å²) in [6, 6.07) is 31.8. The fourth-order valence-corrected chi connectivity index (χ4v) is 13.7. The number of fused-ring (bicyclic) bond motifs is 4. The average molecular weight is 1570 g/mol. The number of hydrogen-bond acceptors (Lipinski definition) is 2. The van der Waals surface area contributed by atoms with Gasteiger partial charge in [0.2, 0.25) is 23.3 Å². The van der Waals surface area contributed by atoms with Crippen molar-refractivity contribution in [2.24, 2.45) is 0 Å². The van der Waals surface area contributed by atoms with Crippen LogP contribution in [0, 0.1) is 116 Å². The van der Waals surface area contributed by atoms with Gasteiger partial charge in [0.25, 0.3) is 0 Å². The normalized spacial score (nSPS) is 12.1. The zero-order valence-corrected chi connectivity index (χ0v) is 51.8. The van der Waals surface area contributed by atoms with Crippen molar-refractivity contribution >= 4 is 86.7 Å². The van der Waals surface area contributed by atoms with Crippen molar-refractivity contribution in [3.8, 4) is 89.5 Å². The Labute approximate surface area is 564 Å². The number of aromatic nitrogens is 4. The zero-order chi connectivity index (χ0) is 69.8. The van der Waals surface area contributed by atoms with Crippen molar-refractivity contribution in [2.75, 3.05) is 0 Å². The van der Waals surface area contributed by atoms with Crippen LogP contribution in [0.5, 0.6) is 0 Å². The summed E-state index contributed by atoms with van der Waals surface area (Å²) in [6.45, 7) is 0. The van der Waals surface area contributed by atoms with E-state index in [1.165, 1.54) is 97.1 Å². The van der Waals surface area contributed by atoms with Crippen molar-refractivity contribution in [1.29, 1.82) is 0 Å². The first-order valence-electron chi connectivity index (χ1n) is 29.5. The molecule has 14 aromatic rings. The monoisotopic (exact) mass is 1570 g/mol. The van der Waals surface area contributed by atoms with E-state index < -0.39 is 249 Å². The molecule has 12 aromatic carbocycles. The van der Waals surface area contributed by atoms with Crippen LogP contribution in [-0.2, 0) is 21.1 Å². The third-order valence-corrected chi connectivity index (χ3v) is 18.2. The van der Waals surface area contributed by atoms with Gasteiger partial charge in [-0.1, -0.05) is 97.1 Å². The van der Waals surface area contributed by atoms with Crippen molar-refractivity contribution in [3.63, 3.8) is 0 Å². The van der Waals surface area contributed by atoms with Gasteiger partial charge < -0.3 is 9.97 Å². The molecule has 0 fully saturated rings. The van der Waals surface area contributed by atoms with Gasteiger partial charge in [-0.2, -0.15) is 0 Å². The molecule has 0 unspecified atom stereocenters. The summed E-state index contributed by atoms with van der Waals surface area (Å²) >= 11 is 0. The van der Waals surface area contributed by atoms with Crippen molar-refractivity contribution in [2.45, 2.75) is 0 Å². The first-order chi connectivity index (χ1) is 47.9. The van der Waals surface area contributed by atoms with E-state index in [1.54, 1.807) is 0 Å². The topological polar surface area (TPSA) is 54.0 Å². The van der Waals surface area contributed by atoms with Crippen LogP contribution >= 0.6 is 0 Å². The summed E-state index contributed by atoms with van der Waals surface area (Å²) < 4.78 is 336. The van der Waals surface area contributed by atoms with Gasteiger partial charge in [-0.25, -0.2) is 97.8 Å². The average Bonchev–Trinajstić information content (AvgIpc) is 1.55. The van der Waals surface area contributed by atoms with E-state index in [0.717, 1.165) is 48.5 Å².